The van der Waals surface area contributed by atoms with Crippen LogP contribution in [0.3, 0.4) is 0 Å². The zero-order chi connectivity index (χ0) is 18.4. The summed E-state index contributed by atoms with van der Waals surface area (Å²) in [6.45, 7) is -0.636. The lowest BCUT2D eigenvalue weighted by atomic mass is 10.2. The SMILES string of the molecule is COc1cc(N)c(Cl)cc1C(=O)OCC(=O)NNC(=O)c1ccco1. The Hall–Kier alpha value is -3.20. The Morgan fingerprint density at radius 3 is 2.68 bits per heavy atom. The summed E-state index contributed by atoms with van der Waals surface area (Å²) in [7, 11) is 1.34. The minimum Gasteiger partial charge on any atom is -0.496 e. The van der Waals surface area contributed by atoms with E-state index in [9.17, 15) is 14.4 Å². The van der Waals surface area contributed by atoms with Gasteiger partial charge in [0.15, 0.2) is 12.4 Å². The van der Waals surface area contributed by atoms with Crippen LogP contribution in [-0.4, -0.2) is 31.5 Å². The number of anilines is 1. The third-order valence-corrected chi connectivity index (χ3v) is 3.26. The molecule has 2 aromatic rings. The van der Waals surface area contributed by atoms with Gasteiger partial charge in [0.1, 0.15) is 11.3 Å². The number of ether oxygens (including phenoxy) is 2. The maximum absolute atomic E-state index is 12.0. The molecule has 0 spiro atoms. The summed E-state index contributed by atoms with van der Waals surface area (Å²) in [4.78, 5) is 35.2. The molecule has 2 amide bonds. The summed E-state index contributed by atoms with van der Waals surface area (Å²) in [5.74, 6) is -2.09. The van der Waals surface area contributed by atoms with E-state index in [1.807, 2.05) is 0 Å². The number of esters is 1. The highest BCUT2D eigenvalue weighted by atomic mass is 35.5. The van der Waals surface area contributed by atoms with Gasteiger partial charge in [0.2, 0.25) is 0 Å². The molecule has 1 aromatic heterocycles. The van der Waals surface area contributed by atoms with Crippen molar-refractivity contribution in [3.63, 3.8) is 0 Å². The standard InChI is InChI=1S/C15H14ClN3O6/c1-23-12-6-10(17)9(16)5-8(12)15(22)25-7-13(20)18-19-14(21)11-3-2-4-24-11/h2-6H,7,17H2,1H3,(H,18,20)(H,19,21). The Kier molecular flexibility index (Phi) is 5.85. The highest BCUT2D eigenvalue weighted by Crippen LogP contribution is 2.29. The van der Waals surface area contributed by atoms with Crippen molar-refractivity contribution in [2.75, 3.05) is 19.5 Å². The second-order valence-electron chi connectivity index (χ2n) is 4.63. The molecule has 0 atom stereocenters. The lowest BCUT2D eigenvalue weighted by Crippen LogP contribution is -2.43. The van der Waals surface area contributed by atoms with Gasteiger partial charge in [-0.15, -0.1) is 0 Å². The summed E-state index contributed by atoms with van der Waals surface area (Å²) in [5.41, 5.74) is 10.0. The third-order valence-electron chi connectivity index (χ3n) is 2.93. The Morgan fingerprint density at radius 1 is 1.28 bits per heavy atom. The second kappa shape index (κ2) is 8.06. The van der Waals surface area contributed by atoms with Crippen LogP contribution in [-0.2, 0) is 9.53 Å². The van der Waals surface area contributed by atoms with Gasteiger partial charge in [0, 0.05) is 6.07 Å². The molecule has 0 bridgehead atoms. The molecule has 1 aromatic carbocycles. The molecule has 0 fully saturated rings. The average Bonchev–Trinajstić information content (AvgIpc) is 3.14. The van der Waals surface area contributed by atoms with Crippen LogP contribution >= 0.6 is 11.6 Å². The number of hydrogen-bond donors (Lipinski definition) is 3. The van der Waals surface area contributed by atoms with Gasteiger partial charge >= 0.3 is 11.9 Å². The number of nitrogen functional groups attached to an aromatic ring is 1. The fourth-order valence-electron chi connectivity index (χ4n) is 1.74. The molecule has 0 aliphatic heterocycles. The van der Waals surface area contributed by atoms with Crippen LogP contribution in [0, 0.1) is 0 Å². The number of carbonyl (C=O) groups excluding carboxylic acids is 3. The van der Waals surface area contributed by atoms with Gasteiger partial charge in [-0.2, -0.15) is 0 Å². The van der Waals surface area contributed by atoms with Crippen molar-refractivity contribution in [3.8, 4) is 5.75 Å². The summed E-state index contributed by atoms with van der Waals surface area (Å²) < 4.78 is 14.7. The molecule has 0 radical (unpaired) electrons. The first-order chi connectivity index (χ1) is 11.9. The van der Waals surface area contributed by atoms with Gasteiger partial charge in [-0.05, 0) is 18.2 Å². The number of nitrogens with one attached hydrogen (secondary N) is 2. The van der Waals surface area contributed by atoms with Crippen LogP contribution in [0.2, 0.25) is 5.02 Å². The number of amides is 2. The Bertz CT molecular complexity index is 791. The number of carbonyl (C=O) groups is 3. The predicted octanol–water partition coefficient (Wildman–Crippen LogP) is 1.14. The highest BCUT2D eigenvalue weighted by molar-refractivity contribution is 6.33. The minimum atomic E-state index is -0.841. The number of benzene rings is 1. The van der Waals surface area contributed by atoms with Crippen LogP contribution in [0.15, 0.2) is 34.9 Å². The van der Waals surface area contributed by atoms with Gasteiger partial charge in [0.05, 0.1) is 24.1 Å². The molecular formula is C15H14ClN3O6. The van der Waals surface area contributed by atoms with Crippen molar-refractivity contribution in [3.05, 3.63) is 46.9 Å². The van der Waals surface area contributed by atoms with E-state index in [1.54, 1.807) is 0 Å². The zero-order valence-corrected chi connectivity index (χ0v) is 13.8. The molecule has 0 saturated heterocycles. The van der Waals surface area contributed by atoms with Crippen molar-refractivity contribution >= 4 is 35.1 Å². The number of methoxy groups -OCH3 is 1. The molecule has 0 saturated carbocycles. The van der Waals surface area contributed by atoms with Crippen molar-refractivity contribution in [1.29, 1.82) is 0 Å². The maximum atomic E-state index is 12.0. The van der Waals surface area contributed by atoms with E-state index in [4.69, 9.17) is 31.2 Å². The van der Waals surface area contributed by atoms with Gasteiger partial charge in [-0.3, -0.25) is 20.4 Å². The molecule has 9 nitrogen and oxygen atoms in total. The van der Waals surface area contributed by atoms with Crippen LogP contribution in [0.1, 0.15) is 20.9 Å². The fourth-order valence-corrected chi connectivity index (χ4v) is 1.90. The number of rotatable bonds is 5. The average molecular weight is 368 g/mol. The first kappa shape index (κ1) is 18.1. The molecule has 0 aliphatic rings. The van der Waals surface area contributed by atoms with E-state index in [0.29, 0.717) is 0 Å². The van der Waals surface area contributed by atoms with Crippen LogP contribution in [0.25, 0.3) is 0 Å². The fraction of sp³-hybridized carbons (Fsp3) is 0.133. The summed E-state index contributed by atoms with van der Waals surface area (Å²) >= 11 is 5.86. The Morgan fingerprint density at radius 2 is 2.04 bits per heavy atom. The van der Waals surface area contributed by atoms with E-state index >= 15 is 0 Å². The molecular weight excluding hydrogens is 354 g/mol. The van der Waals surface area contributed by atoms with Gasteiger partial charge in [-0.1, -0.05) is 11.6 Å². The minimum absolute atomic E-state index is 0.00845. The van der Waals surface area contributed by atoms with Crippen LogP contribution in [0.5, 0.6) is 5.75 Å². The molecule has 0 unspecified atom stereocenters. The smallest absolute Gasteiger partial charge is 0.342 e. The van der Waals surface area contributed by atoms with E-state index in [0.717, 1.165) is 0 Å². The number of furan rings is 1. The molecule has 1 heterocycles. The monoisotopic (exact) mass is 367 g/mol. The number of hydrazine groups is 1. The largest absolute Gasteiger partial charge is 0.496 e. The summed E-state index contributed by atoms with van der Waals surface area (Å²) in [6, 6.07) is 5.57. The van der Waals surface area contributed by atoms with E-state index < -0.39 is 24.4 Å². The Balaban J connectivity index is 1.88. The number of nitrogens with two attached hydrogens (primary N) is 1. The topological polar surface area (TPSA) is 133 Å². The van der Waals surface area contributed by atoms with E-state index in [1.165, 1.54) is 37.6 Å². The predicted molar refractivity (Wildman–Crippen MR) is 87.0 cm³/mol. The lowest BCUT2D eigenvalue weighted by Gasteiger charge is -2.11. The van der Waals surface area contributed by atoms with Crippen molar-refractivity contribution in [2.24, 2.45) is 0 Å². The van der Waals surface area contributed by atoms with Crippen molar-refractivity contribution < 1.29 is 28.3 Å². The maximum Gasteiger partial charge on any atom is 0.342 e. The van der Waals surface area contributed by atoms with E-state index in [-0.39, 0.29) is 27.8 Å². The van der Waals surface area contributed by atoms with Crippen LogP contribution < -0.4 is 21.3 Å². The third kappa shape index (κ3) is 4.64. The zero-order valence-electron chi connectivity index (χ0n) is 13.0. The first-order valence-corrected chi connectivity index (χ1v) is 7.23. The molecule has 4 N–H and O–H groups in total. The van der Waals surface area contributed by atoms with Crippen molar-refractivity contribution in [1.82, 2.24) is 10.9 Å². The molecule has 25 heavy (non-hydrogen) atoms. The normalized spacial score (nSPS) is 10.0. The second-order valence-corrected chi connectivity index (χ2v) is 5.04. The number of hydrogen-bond acceptors (Lipinski definition) is 7. The molecule has 0 aliphatic carbocycles. The molecule has 132 valence electrons. The van der Waals surface area contributed by atoms with E-state index in [2.05, 4.69) is 10.9 Å². The highest BCUT2D eigenvalue weighted by Gasteiger charge is 2.18. The first-order valence-electron chi connectivity index (χ1n) is 6.85. The number of halogens is 1. The quantitative estimate of drug-likeness (QED) is 0.410. The molecule has 2 rings (SSSR count). The molecule has 10 heteroatoms. The van der Waals surface area contributed by atoms with Crippen LogP contribution in [0.4, 0.5) is 5.69 Å². The van der Waals surface area contributed by atoms with Gasteiger partial charge in [-0.25, -0.2) is 4.79 Å². The van der Waals surface area contributed by atoms with Crippen molar-refractivity contribution in [2.45, 2.75) is 0 Å². The lowest BCUT2D eigenvalue weighted by molar-refractivity contribution is -0.125. The summed E-state index contributed by atoms with van der Waals surface area (Å²) in [6.07, 6.45) is 1.31. The Labute approximate surface area is 147 Å². The summed E-state index contributed by atoms with van der Waals surface area (Å²) in [5, 5.41) is 0.142. The van der Waals surface area contributed by atoms with Gasteiger partial charge in [0.25, 0.3) is 5.91 Å². The van der Waals surface area contributed by atoms with Gasteiger partial charge < -0.3 is 19.6 Å².